The summed E-state index contributed by atoms with van der Waals surface area (Å²) in [5.41, 5.74) is 0. The molecule has 56 valence electrons. The number of esters is 1. The maximum absolute atomic E-state index is 10.7. The van der Waals surface area contributed by atoms with Crippen LogP contribution in [0.4, 0.5) is 0 Å². The van der Waals surface area contributed by atoms with Gasteiger partial charge in [0.15, 0.2) is 6.61 Å². The zero-order chi connectivity index (χ0) is 7.98. The first-order valence-electron chi connectivity index (χ1n) is 2.88. The standard InChI is InChI=1S/C7H9BrO2/c1-3-4-5-10-7(9)6(2)8/h6H,5H2,1-2H3. The maximum atomic E-state index is 10.7. The van der Waals surface area contributed by atoms with E-state index in [1.54, 1.807) is 13.8 Å². The van der Waals surface area contributed by atoms with Crippen LogP contribution in [0.1, 0.15) is 13.8 Å². The van der Waals surface area contributed by atoms with Crippen molar-refractivity contribution in [3.8, 4) is 11.8 Å². The average Bonchev–Trinajstić information content (AvgIpc) is 1.88. The Labute approximate surface area is 69.1 Å². The number of halogens is 1. The van der Waals surface area contributed by atoms with Crippen molar-refractivity contribution in [1.29, 1.82) is 0 Å². The summed E-state index contributed by atoms with van der Waals surface area (Å²) in [7, 11) is 0. The number of rotatable bonds is 2. The average molecular weight is 205 g/mol. The van der Waals surface area contributed by atoms with Crippen molar-refractivity contribution in [2.45, 2.75) is 18.7 Å². The smallest absolute Gasteiger partial charge is 0.320 e. The number of alkyl halides is 1. The van der Waals surface area contributed by atoms with Gasteiger partial charge in [0, 0.05) is 0 Å². The normalized spacial score (nSPS) is 11.1. The number of carbonyl (C=O) groups is 1. The Balaban J connectivity index is 3.47. The molecule has 0 saturated heterocycles. The van der Waals surface area contributed by atoms with E-state index >= 15 is 0 Å². The number of hydrogen-bond donors (Lipinski definition) is 0. The monoisotopic (exact) mass is 204 g/mol. The van der Waals surface area contributed by atoms with Crippen molar-refractivity contribution in [2.24, 2.45) is 0 Å². The van der Waals surface area contributed by atoms with Crippen LogP contribution in [-0.2, 0) is 9.53 Å². The third-order valence-electron chi connectivity index (χ3n) is 0.788. The Hall–Kier alpha value is -0.490. The van der Waals surface area contributed by atoms with E-state index in [0.29, 0.717) is 0 Å². The minimum absolute atomic E-state index is 0.186. The Morgan fingerprint density at radius 1 is 1.80 bits per heavy atom. The van der Waals surface area contributed by atoms with Crippen molar-refractivity contribution < 1.29 is 9.53 Å². The molecule has 10 heavy (non-hydrogen) atoms. The lowest BCUT2D eigenvalue weighted by Crippen LogP contribution is -2.13. The van der Waals surface area contributed by atoms with Crippen LogP contribution < -0.4 is 0 Å². The fourth-order valence-corrected chi connectivity index (χ4v) is 0.426. The van der Waals surface area contributed by atoms with Crippen molar-refractivity contribution in [1.82, 2.24) is 0 Å². The molecule has 0 aliphatic carbocycles. The molecule has 1 atom stereocenters. The van der Waals surface area contributed by atoms with Crippen LogP contribution in [0.15, 0.2) is 0 Å². The van der Waals surface area contributed by atoms with E-state index in [9.17, 15) is 4.79 Å². The van der Waals surface area contributed by atoms with Gasteiger partial charge in [-0.3, -0.25) is 4.79 Å². The zero-order valence-corrected chi connectivity index (χ0v) is 7.56. The minimum atomic E-state index is -0.275. The van der Waals surface area contributed by atoms with Crippen molar-refractivity contribution in [3.05, 3.63) is 0 Å². The van der Waals surface area contributed by atoms with E-state index in [0.717, 1.165) is 0 Å². The van der Waals surface area contributed by atoms with Crippen molar-refractivity contribution in [2.75, 3.05) is 6.61 Å². The van der Waals surface area contributed by atoms with Crippen molar-refractivity contribution in [3.63, 3.8) is 0 Å². The van der Waals surface area contributed by atoms with Gasteiger partial charge in [-0.2, -0.15) is 0 Å². The van der Waals surface area contributed by atoms with E-state index in [1.165, 1.54) is 0 Å². The van der Waals surface area contributed by atoms with Gasteiger partial charge in [-0.15, -0.1) is 5.92 Å². The zero-order valence-electron chi connectivity index (χ0n) is 5.98. The summed E-state index contributed by atoms with van der Waals surface area (Å²) in [6.45, 7) is 3.60. The van der Waals surface area contributed by atoms with Crippen molar-refractivity contribution >= 4 is 21.9 Å². The van der Waals surface area contributed by atoms with E-state index in [4.69, 9.17) is 0 Å². The highest BCUT2D eigenvalue weighted by Gasteiger charge is 2.07. The Morgan fingerprint density at radius 3 is 2.80 bits per heavy atom. The summed E-state index contributed by atoms with van der Waals surface area (Å²) in [4.78, 5) is 10.4. The lowest BCUT2D eigenvalue weighted by atomic mass is 10.5. The predicted molar refractivity (Wildman–Crippen MR) is 42.8 cm³/mol. The third kappa shape index (κ3) is 4.39. The summed E-state index contributed by atoms with van der Waals surface area (Å²) in [6, 6.07) is 0. The topological polar surface area (TPSA) is 26.3 Å². The highest BCUT2D eigenvalue weighted by Crippen LogP contribution is 1.98. The molecular weight excluding hydrogens is 196 g/mol. The maximum Gasteiger partial charge on any atom is 0.320 e. The quantitative estimate of drug-likeness (QED) is 0.386. The highest BCUT2D eigenvalue weighted by atomic mass is 79.9. The van der Waals surface area contributed by atoms with Gasteiger partial charge in [0.05, 0.1) is 0 Å². The molecule has 0 aliphatic heterocycles. The van der Waals surface area contributed by atoms with Gasteiger partial charge in [-0.1, -0.05) is 21.9 Å². The molecule has 0 N–H and O–H groups in total. The Kier molecular flexibility index (Phi) is 5.05. The molecule has 0 amide bonds. The second kappa shape index (κ2) is 5.31. The van der Waals surface area contributed by atoms with Crippen LogP contribution >= 0.6 is 15.9 Å². The van der Waals surface area contributed by atoms with Crippen LogP contribution in [0, 0.1) is 11.8 Å². The molecule has 0 fully saturated rings. The highest BCUT2D eigenvalue weighted by molar-refractivity contribution is 9.10. The summed E-state index contributed by atoms with van der Waals surface area (Å²) in [5.74, 6) is 4.96. The van der Waals surface area contributed by atoms with E-state index in [2.05, 4.69) is 32.5 Å². The van der Waals surface area contributed by atoms with Gasteiger partial charge in [-0.05, 0) is 13.8 Å². The van der Waals surface area contributed by atoms with Crippen LogP contribution in [-0.4, -0.2) is 17.4 Å². The van der Waals surface area contributed by atoms with Crippen LogP contribution in [0.3, 0.4) is 0 Å². The molecule has 0 bridgehead atoms. The van der Waals surface area contributed by atoms with E-state index in [-0.39, 0.29) is 17.4 Å². The van der Waals surface area contributed by atoms with Gasteiger partial charge in [-0.25, -0.2) is 0 Å². The lowest BCUT2D eigenvalue weighted by molar-refractivity contribution is -0.140. The summed E-state index contributed by atoms with van der Waals surface area (Å²) in [6.07, 6.45) is 0. The SMILES string of the molecule is CC#CCOC(=O)C(C)Br. The first-order chi connectivity index (χ1) is 4.68. The molecule has 0 rings (SSSR count). The molecule has 0 saturated carbocycles. The molecule has 0 aromatic rings. The molecule has 0 spiro atoms. The fraction of sp³-hybridized carbons (Fsp3) is 0.571. The first-order valence-corrected chi connectivity index (χ1v) is 3.80. The van der Waals surface area contributed by atoms with E-state index < -0.39 is 0 Å². The summed E-state index contributed by atoms with van der Waals surface area (Å²) in [5, 5.41) is 0. The number of ether oxygens (including phenoxy) is 1. The first kappa shape index (κ1) is 9.51. The van der Waals surface area contributed by atoms with Gasteiger partial charge in [0.1, 0.15) is 4.83 Å². The molecule has 2 nitrogen and oxygen atoms in total. The van der Waals surface area contributed by atoms with Gasteiger partial charge in [0.2, 0.25) is 0 Å². The van der Waals surface area contributed by atoms with Crippen LogP contribution in [0.25, 0.3) is 0 Å². The molecule has 3 heteroatoms. The van der Waals surface area contributed by atoms with Gasteiger partial charge in [0.25, 0.3) is 0 Å². The van der Waals surface area contributed by atoms with Gasteiger partial charge < -0.3 is 4.74 Å². The molecule has 0 aromatic carbocycles. The van der Waals surface area contributed by atoms with E-state index in [1.807, 2.05) is 0 Å². The summed E-state index contributed by atoms with van der Waals surface area (Å²) < 4.78 is 4.68. The molecular formula is C7H9BrO2. The fourth-order valence-electron chi connectivity index (χ4n) is 0.294. The number of carbonyl (C=O) groups excluding carboxylic acids is 1. The van der Waals surface area contributed by atoms with Crippen LogP contribution in [0.2, 0.25) is 0 Å². The Bertz CT molecular complexity index is 164. The lowest BCUT2D eigenvalue weighted by Gasteiger charge is -2.00. The molecule has 0 radical (unpaired) electrons. The second-order valence-electron chi connectivity index (χ2n) is 1.65. The predicted octanol–water partition coefficient (Wildman–Crippen LogP) is 1.34. The van der Waals surface area contributed by atoms with Gasteiger partial charge >= 0.3 is 5.97 Å². The molecule has 1 unspecified atom stereocenters. The molecule has 0 aromatic heterocycles. The largest absolute Gasteiger partial charge is 0.452 e. The summed E-state index contributed by atoms with van der Waals surface area (Å²) >= 11 is 3.07. The number of hydrogen-bond acceptors (Lipinski definition) is 2. The molecule has 0 heterocycles. The third-order valence-corrected chi connectivity index (χ3v) is 1.16. The minimum Gasteiger partial charge on any atom is -0.452 e. The molecule has 0 aliphatic rings. The Morgan fingerprint density at radius 2 is 2.40 bits per heavy atom. The van der Waals surface area contributed by atoms with Crippen LogP contribution in [0.5, 0.6) is 0 Å². The second-order valence-corrected chi connectivity index (χ2v) is 3.02.